The van der Waals surface area contributed by atoms with Gasteiger partial charge in [0.15, 0.2) is 23.0 Å². The summed E-state index contributed by atoms with van der Waals surface area (Å²) in [6, 6.07) is 9.75. The summed E-state index contributed by atoms with van der Waals surface area (Å²) >= 11 is 0. The normalized spacial score (nSPS) is 16.2. The van der Waals surface area contributed by atoms with E-state index in [1.54, 1.807) is 35.8 Å². The summed E-state index contributed by atoms with van der Waals surface area (Å²) in [7, 11) is 5.07. The van der Waals surface area contributed by atoms with E-state index in [0.29, 0.717) is 23.6 Å². The van der Waals surface area contributed by atoms with Crippen LogP contribution in [0.25, 0.3) is 16.8 Å². The van der Waals surface area contributed by atoms with Crippen molar-refractivity contribution < 1.29 is 14.3 Å². The van der Waals surface area contributed by atoms with Gasteiger partial charge in [0.25, 0.3) is 5.91 Å². The molecule has 0 aliphatic carbocycles. The molecule has 170 valence electrons. The number of carbonyl (C=O) groups is 1. The van der Waals surface area contributed by atoms with Crippen molar-refractivity contribution in [2.45, 2.75) is 18.8 Å². The molecule has 5 rings (SSSR count). The molecule has 0 spiro atoms. The molecule has 0 saturated carbocycles. The number of carbonyl (C=O) groups excluding carboxylic acids is 1. The van der Waals surface area contributed by atoms with E-state index in [0.717, 1.165) is 42.0 Å². The summed E-state index contributed by atoms with van der Waals surface area (Å²) in [6.07, 6.45) is 7.18. The molecule has 0 unspecified atom stereocenters. The van der Waals surface area contributed by atoms with Gasteiger partial charge in [0, 0.05) is 49.6 Å². The number of likely N-dealkylation sites (tertiary alicyclic amines) is 1. The van der Waals surface area contributed by atoms with Crippen molar-refractivity contribution in [2.24, 2.45) is 7.05 Å². The molecule has 4 heterocycles. The van der Waals surface area contributed by atoms with Gasteiger partial charge in [-0.25, -0.2) is 9.50 Å². The van der Waals surface area contributed by atoms with Crippen LogP contribution in [-0.2, 0) is 7.05 Å². The van der Waals surface area contributed by atoms with Crippen molar-refractivity contribution in [3.05, 3.63) is 60.3 Å². The van der Waals surface area contributed by atoms with Gasteiger partial charge in [-0.15, -0.1) is 0 Å². The second-order valence-electron chi connectivity index (χ2n) is 8.22. The van der Waals surface area contributed by atoms with Gasteiger partial charge in [-0.1, -0.05) is 12.1 Å². The lowest BCUT2D eigenvalue weighted by Gasteiger charge is -2.31. The van der Waals surface area contributed by atoms with E-state index in [9.17, 15) is 4.79 Å². The predicted molar refractivity (Wildman–Crippen MR) is 123 cm³/mol. The van der Waals surface area contributed by atoms with E-state index >= 15 is 0 Å². The molecule has 9 heteroatoms. The van der Waals surface area contributed by atoms with Crippen LogP contribution in [0.2, 0.25) is 0 Å². The number of pyridine rings is 1. The summed E-state index contributed by atoms with van der Waals surface area (Å²) in [5, 5.41) is 8.89. The zero-order valence-electron chi connectivity index (χ0n) is 18.9. The molecule has 1 fully saturated rings. The summed E-state index contributed by atoms with van der Waals surface area (Å²) in [4.78, 5) is 19.5. The number of rotatable bonds is 5. The first kappa shape index (κ1) is 21.0. The van der Waals surface area contributed by atoms with Gasteiger partial charge in [-0.2, -0.15) is 10.2 Å². The third kappa shape index (κ3) is 3.90. The average Bonchev–Trinajstić information content (AvgIpc) is 3.48. The van der Waals surface area contributed by atoms with Crippen LogP contribution in [-0.4, -0.2) is 62.5 Å². The minimum Gasteiger partial charge on any atom is -0.493 e. The predicted octanol–water partition coefficient (Wildman–Crippen LogP) is 3.17. The van der Waals surface area contributed by atoms with E-state index in [4.69, 9.17) is 19.6 Å². The molecule has 1 saturated heterocycles. The van der Waals surface area contributed by atoms with Gasteiger partial charge in [0.2, 0.25) is 0 Å². The van der Waals surface area contributed by atoms with Gasteiger partial charge < -0.3 is 14.4 Å². The van der Waals surface area contributed by atoms with Gasteiger partial charge in [-0.05, 0) is 31.0 Å². The van der Waals surface area contributed by atoms with Crippen LogP contribution in [0.1, 0.15) is 34.9 Å². The zero-order chi connectivity index (χ0) is 22.9. The maximum atomic E-state index is 12.9. The van der Waals surface area contributed by atoms with Gasteiger partial charge in [0.05, 0.1) is 26.0 Å². The summed E-state index contributed by atoms with van der Waals surface area (Å²) in [5.74, 6) is 2.21. The molecule has 0 N–H and O–H groups in total. The third-order valence-electron chi connectivity index (χ3n) is 6.09. The number of para-hydroxylation sites is 1. The molecular formula is C24H26N6O3. The lowest BCUT2D eigenvalue weighted by Crippen LogP contribution is -2.39. The van der Waals surface area contributed by atoms with Crippen molar-refractivity contribution >= 4 is 11.6 Å². The fraction of sp³-hybridized carbons (Fsp3) is 0.333. The first-order valence-electron chi connectivity index (χ1n) is 10.9. The fourth-order valence-electron chi connectivity index (χ4n) is 4.43. The molecule has 3 aromatic heterocycles. The Morgan fingerprint density at radius 3 is 2.76 bits per heavy atom. The number of nitrogens with zero attached hydrogens (tertiary/aromatic N) is 6. The van der Waals surface area contributed by atoms with Crippen LogP contribution in [0.4, 0.5) is 0 Å². The Hall–Kier alpha value is -3.88. The molecule has 0 radical (unpaired) electrons. The number of aryl methyl sites for hydroxylation is 1. The van der Waals surface area contributed by atoms with Crippen LogP contribution in [0.3, 0.4) is 0 Å². The smallest absolute Gasteiger partial charge is 0.257 e. The third-order valence-corrected chi connectivity index (χ3v) is 6.09. The molecular weight excluding hydrogens is 420 g/mol. The maximum Gasteiger partial charge on any atom is 0.257 e. The number of hydrogen-bond donors (Lipinski definition) is 0. The van der Waals surface area contributed by atoms with Crippen molar-refractivity contribution in [3.8, 4) is 22.6 Å². The highest BCUT2D eigenvalue weighted by Gasteiger charge is 2.28. The van der Waals surface area contributed by atoms with E-state index in [2.05, 4.69) is 5.10 Å². The largest absolute Gasteiger partial charge is 0.493 e. The number of ether oxygens (including phenoxy) is 2. The van der Waals surface area contributed by atoms with E-state index in [1.165, 1.54) is 0 Å². The molecule has 1 aliphatic heterocycles. The van der Waals surface area contributed by atoms with E-state index < -0.39 is 0 Å². The Balaban J connectivity index is 1.42. The molecule has 0 bridgehead atoms. The molecule has 1 aromatic carbocycles. The van der Waals surface area contributed by atoms with Crippen molar-refractivity contribution in [1.29, 1.82) is 0 Å². The number of amides is 1. The van der Waals surface area contributed by atoms with E-state index in [-0.39, 0.29) is 11.8 Å². The second-order valence-corrected chi connectivity index (χ2v) is 8.22. The minimum absolute atomic E-state index is 0.00368. The first-order valence-corrected chi connectivity index (χ1v) is 10.9. The summed E-state index contributed by atoms with van der Waals surface area (Å²) < 4.78 is 14.5. The number of piperidine rings is 1. The SMILES string of the molecule is COc1cccc(-c2ccc3nc([C@H]4CCCN(C(=O)c5cnn(C)c5)C4)nn3c2)c1OC. The standard InChI is InChI=1S/C24H26N6O3/c1-28-13-18(12-25-28)24(31)29-11-5-6-17(14-29)23-26-21-10-9-16(15-30(21)27-23)19-7-4-8-20(32-2)22(19)33-3/h4,7-10,12-13,15,17H,5-6,11,14H2,1-3H3/t17-/m0/s1. The Bertz CT molecular complexity index is 1310. The first-order chi connectivity index (χ1) is 16.1. The quantitative estimate of drug-likeness (QED) is 0.468. The second kappa shape index (κ2) is 8.57. The molecule has 4 aromatic rings. The lowest BCUT2D eigenvalue weighted by molar-refractivity contribution is 0.0704. The van der Waals surface area contributed by atoms with Crippen LogP contribution in [0.5, 0.6) is 11.5 Å². The Morgan fingerprint density at radius 2 is 2.00 bits per heavy atom. The zero-order valence-corrected chi connectivity index (χ0v) is 18.9. The van der Waals surface area contributed by atoms with Gasteiger partial charge in [0.1, 0.15) is 0 Å². The van der Waals surface area contributed by atoms with Crippen LogP contribution >= 0.6 is 0 Å². The Morgan fingerprint density at radius 1 is 1.12 bits per heavy atom. The number of fused-ring (bicyclic) bond motifs is 1. The number of hydrogen-bond acceptors (Lipinski definition) is 6. The highest BCUT2D eigenvalue weighted by atomic mass is 16.5. The highest BCUT2D eigenvalue weighted by Crippen LogP contribution is 2.37. The van der Waals surface area contributed by atoms with Crippen molar-refractivity contribution in [2.75, 3.05) is 27.3 Å². The lowest BCUT2D eigenvalue weighted by atomic mass is 9.97. The van der Waals surface area contributed by atoms with Gasteiger partial charge >= 0.3 is 0 Å². The molecule has 1 aliphatic rings. The molecule has 1 atom stereocenters. The molecule has 33 heavy (non-hydrogen) atoms. The van der Waals surface area contributed by atoms with Crippen molar-refractivity contribution in [3.63, 3.8) is 0 Å². The van der Waals surface area contributed by atoms with Crippen molar-refractivity contribution in [1.82, 2.24) is 29.3 Å². The average molecular weight is 447 g/mol. The van der Waals surface area contributed by atoms with Crippen LogP contribution in [0.15, 0.2) is 48.9 Å². The fourth-order valence-corrected chi connectivity index (χ4v) is 4.43. The number of benzene rings is 1. The van der Waals surface area contributed by atoms with E-state index in [1.807, 2.05) is 48.5 Å². The maximum absolute atomic E-state index is 12.9. The minimum atomic E-state index is 0.00368. The Kier molecular flexibility index (Phi) is 5.45. The van der Waals surface area contributed by atoms with Crippen LogP contribution < -0.4 is 9.47 Å². The Labute approximate surface area is 191 Å². The molecule has 9 nitrogen and oxygen atoms in total. The highest BCUT2D eigenvalue weighted by molar-refractivity contribution is 5.93. The number of aromatic nitrogens is 5. The topological polar surface area (TPSA) is 86.8 Å². The monoisotopic (exact) mass is 446 g/mol. The van der Waals surface area contributed by atoms with Gasteiger partial charge in [-0.3, -0.25) is 9.48 Å². The number of methoxy groups -OCH3 is 2. The van der Waals surface area contributed by atoms with Crippen LogP contribution in [0, 0.1) is 0 Å². The molecule has 1 amide bonds. The summed E-state index contributed by atoms with van der Waals surface area (Å²) in [6.45, 7) is 1.33. The summed E-state index contributed by atoms with van der Waals surface area (Å²) in [5.41, 5.74) is 3.25.